The van der Waals surface area contributed by atoms with Gasteiger partial charge >= 0.3 is 0 Å². The van der Waals surface area contributed by atoms with Gasteiger partial charge in [-0.3, -0.25) is 14.9 Å². The van der Waals surface area contributed by atoms with Crippen LogP contribution >= 0.6 is 15.9 Å². The molecule has 0 aromatic heterocycles. The predicted octanol–water partition coefficient (Wildman–Crippen LogP) is 1.47. The average molecular weight is 303 g/mol. The lowest BCUT2D eigenvalue weighted by molar-refractivity contribution is -0.384. The molecule has 0 bridgehead atoms. The number of aliphatic hydroxyl groups excluding tert-OH is 1. The highest BCUT2D eigenvalue weighted by molar-refractivity contribution is 9.10. The van der Waals surface area contributed by atoms with Crippen molar-refractivity contribution in [3.05, 3.63) is 38.3 Å². The lowest BCUT2D eigenvalue weighted by atomic mass is 10.2. The van der Waals surface area contributed by atoms with Crippen molar-refractivity contribution in [1.29, 1.82) is 0 Å². The quantitative estimate of drug-likeness (QED) is 0.650. The van der Waals surface area contributed by atoms with Crippen LogP contribution in [0.15, 0.2) is 22.7 Å². The molecule has 7 heteroatoms. The largest absolute Gasteiger partial charge is 0.394 e. The van der Waals surface area contributed by atoms with E-state index in [0.29, 0.717) is 4.47 Å². The van der Waals surface area contributed by atoms with Gasteiger partial charge in [-0.05, 0) is 28.9 Å². The van der Waals surface area contributed by atoms with Crippen LogP contribution in [0, 0.1) is 10.1 Å². The monoisotopic (exact) mass is 302 g/mol. The van der Waals surface area contributed by atoms with E-state index in [2.05, 4.69) is 21.2 Å². The molecule has 0 fully saturated rings. The Morgan fingerprint density at radius 3 is 2.82 bits per heavy atom. The van der Waals surface area contributed by atoms with Gasteiger partial charge in [0, 0.05) is 22.6 Å². The Hall–Kier alpha value is -1.47. The number of amides is 1. The molecule has 6 nitrogen and oxygen atoms in total. The molecule has 17 heavy (non-hydrogen) atoms. The van der Waals surface area contributed by atoms with Gasteiger partial charge in [0.25, 0.3) is 11.6 Å². The van der Waals surface area contributed by atoms with Gasteiger partial charge in [-0.2, -0.15) is 0 Å². The highest BCUT2D eigenvalue weighted by Crippen LogP contribution is 2.22. The molecule has 1 aromatic carbocycles. The zero-order valence-electron chi connectivity index (χ0n) is 9.01. The normalized spacial score (nSPS) is 11.9. The van der Waals surface area contributed by atoms with Crippen molar-refractivity contribution in [2.45, 2.75) is 13.0 Å². The number of carbonyl (C=O) groups is 1. The third-order valence-electron chi connectivity index (χ3n) is 2.06. The molecule has 1 amide bonds. The van der Waals surface area contributed by atoms with E-state index in [-0.39, 0.29) is 17.9 Å². The summed E-state index contributed by atoms with van der Waals surface area (Å²) >= 11 is 3.15. The Morgan fingerprint density at radius 2 is 2.29 bits per heavy atom. The van der Waals surface area contributed by atoms with Gasteiger partial charge in [0.2, 0.25) is 0 Å². The maximum Gasteiger partial charge on any atom is 0.270 e. The minimum absolute atomic E-state index is 0.157. The van der Waals surface area contributed by atoms with Crippen LogP contribution in [0.2, 0.25) is 0 Å². The summed E-state index contributed by atoms with van der Waals surface area (Å²) in [5, 5.41) is 21.9. The Labute approximate surface area is 106 Å². The van der Waals surface area contributed by atoms with Crippen LogP contribution in [0.5, 0.6) is 0 Å². The molecule has 0 radical (unpaired) electrons. The number of nitro groups is 1. The second-order valence-electron chi connectivity index (χ2n) is 3.48. The van der Waals surface area contributed by atoms with Gasteiger partial charge in [-0.25, -0.2) is 0 Å². The number of rotatable bonds is 4. The highest BCUT2D eigenvalue weighted by atomic mass is 79.9. The Balaban J connectivity index is 3.00. The number of nitrogens with one attached hydrogen (secondary N) is 1. The molecule has 0 unspecified atom stereocenters. The Kier molecular flexibility index (Phi) is 4.59. The Morgan fingerprint density at radius 1 is 1.65 bits per heavy atom. The molecule has 0 spiro atoms. The van der Waals surface area contributed by atoms with Crippen LogP contribution in [0.4, 0.5) is 5.69 Å². The summed E-state index contributed by atoms with van der Waals surface area (Å²) in [5.74, 6) is -0.470. The molecule has 2 N–H and O–H groups in total. The zero-order chi connectivity index (χ0) is 13.0. The second-order valence-corrected chi connectivity index (χ2v) is 4.33. The van der Waals surface area contributed by atoms with Crippen molar-refractivity contribution in [3.63, 3.8) is 0 Å². The first kappa shape index (κ1) is 13.6. The minimum atomic E-state index is -0.571. The molecule has 92 valence electrons. The van der Waals surface area contributed by atoms with Crippen molar-refractivity contribution in [2.24, 2.45) is 0 Å². The number of non-ortho nitro benzene ring substituents is 1. The van der Waals surface area contributed by atoms with E-state index in [9.17, 15) is 14.9 Å². The number of benzene rings is 1. The van der Waals surface area contributed by atoms with E-state index in [1.807, 2.05) is 0 Å². The van der Waals surface area contributed by atoms with Crippen LogP contribution in [-0.4, -0.2) is 28.6 Å². The Bertz CT molecular complexity index is 450. The van der Waals surface area contributed by atoms with Crippen molar-refractivity contribution < 1.29 is 14.8 Å². The third-order valence-corrected chi connectivity index (χ3v) is 2.75. The fourth-order valence-corrected chi connectivity index (χ4v) is 1.57. The fraction of sp³-hybridized carbons (Fsp3) is 0.300. The maximum absolute atomic E-state index is 11.7. The van der Waals surface area contributed by atoms with Gasteiger partial charge in [0.15, 0.2) is 0 Å². The van der Waals surface area contributed by atoms with Gasteiger partial charge in [0.1, 0.15) is 0 Å². The number of nitrogens with zero attached hydrogens (tertiary/aromatic N) is 1. The second kappa shape index (κ2) is 5.74. The SMILES string of the molecule is C[C@@H](CO)NC(=O)c1cc([N+](=O)[O-])ccc1Br. The molecule has 0 saturated heterocycles. The number of aliphatic hydroxyl groups is 1. The number of carbonyl (C=O) groups excluding carboxylic acids is 1. The van der Waals surface area contributed by atoms with Crippen molar-refractivity contribution >= 4 is 27.5 Å². The highest BCUT2D eigenvalue weighted by Gasteiger charge is 2.16. The predicted molar refractivity (Wildman–Crippen MR) is 64.8 cm³/mol. The molecule has 1 rings (SSSR count). The molecule has 0 aliphatic rings. The van der Waals surface area contributed by atoms with Gasteiger partial charge in [-0.1, -0.05) is 0 Å². The lowest BCUT2D eigenvalue weighted by Gasteiger charge is -2.11. The van der Waals surface area contributed by atoms with Gasteiger partial charge < -0.3 is 10.4 Å². The number of nitro benzene ring substituents is 1. The first-order valence-electron chi connectivity index (χ1n) is 4.81. The van der Waals surface area contributed by atoms with E-state index >= 15 is 0 Å². The van der Waals surface area contributed by atoms with E-state index in [1.165, 1.54) is 18.2 Å². The summed E-state index contributed by atoms with van der Waals surface area (Å²) < 4.78 is 0.464. The maximum atomic E-state index is 11.7. The van der Waals surface area contributed by atoms with Crippen LogP contribution < -0.4 is 5.32 Å². The summed E-state index contributed by atoms with van der Waals surface area (Å²) in [7, 11) is 0. The zero-order valence-corrected chi connectivity index (χ0v) is 10.6. The van der Waals surface area contributed by atoms with E-state index < -0.39 is 16.9 Å². The number of hydrogen-bond acceptors (Lipinski definition) is 4. The fourth-order valence-electron chi connectivity index (χ4n) is 1.15. The summed E-state index contributed by atoms with van der Waals surface area (Å²) in [5.41, 5.74) is 0.00880. The third kappa shape index (κ3) is 3.50. The molecule has 1 atom stereocenters. The summed E-state index contributed by atoms with van der Waals surface area (Å²) in [6, 6.07) is 3.52. The molecule has 0 heterocycles. The first-order valence-corrected chi connectivity index (χ1v) is 5.60. The summed E-state index contributed by atoms with van der Waals surface area (Å²) in [4.78, 5) is 21.7. The van der Waals surface area contributed by atoms with Crippen LogP contribution in [0.3, 0.4) is 0 Å². The van der Waals surface area contributed by atoms with E-state index in [0.717, 1.165) is 0 Å². The first-order chi connectivity index (χ1) is 7.95. The lowest BCUT2D eigenvalue weighted by Crippen LogP contribution is -2.35. The number of hydrogen-bond donors (Lipinski definition) is 2. The molecule has 0 saturated carbocycles. The van der Waals surface area contributed by atoms with Gasteiger partial charge in [-0.15, -0.1) is 0 Å². The number of halogens is 1. The van der Waals surface area contributed by atoms with Gasteiger partial charge in [0.05, 0.1) is 17.1 Å². The molecular formula is C10H11BrN2O4. The van der Waals surface area contributed by atoms with Crippen molar-refractivity contribution in [3.8, 4) is 0 Å². The molecule has 0 aliphatic heterocycles. The van der Waals surface area contributed by atoms with Crippen LogP contribution in [0.25, 0.3) is 0 Å². The topological polar surface area (TPSA) is 92.5 Å². The summed E-state index contributed by atoms with van der Waals surface area (Å²) in [6.07, 6.45) is 0. The van der Waals surface area contributed by atoms with E-state index in [4.69, 9.17) is 5.11 Å². The summed E-state index contributed by atoms with van der Waals surface area (Å²) in [6.45, 7) is 1.43. The van der Waals surface area contributed by atoms with Crippen LogP contribution in [0.1, 0.15) is 17.3 Å². The molecule has 0 aliphatic carbocycles. The smallest absolute Gasteiger partial charge is 0.270 e. The molecule has 1 aromatic rings. The van der Waals surface area contributed by atoms with Crippen molar-refractivity contribution in [1.82, 2.24) is 5.32 Å². The minimum Gasteiger partial charge on any atom is -0.394 e. The van der Waals surface area contributed by atoms with E-state index in [1.54, 1.807) is 6.92 Å². The molecular weight excluding hydrogens is 292 g/mol. The van der Waals surface area contributed by atoms with Crippen LogP contribution in [-0.2, 0) is 0 Å². The average Bonchev–Trinajstić information content (AvgIpc) is 2.28. The van der Waals surface area contributed by atoms with Crippen molar-refractivity contribution in [2.75, 3.05) is 6.61 Å². The standard InChI is InChI=1S/C10H11BrN2O4/c1-6(5-14)12-10(15)8-4-7(13(16)17)2-3-9(8)11/h2-4,6,14H,5H2,1H3,(H,12,15)/t6-/m0/s1.